The molecule has 0 unspecified atom stereocenters. The average Bonchev–Trinajstić information content (AvgIpc) is 2.70. The fourth-order valence-electron chi connectivity index (χ4n) is 1.88. The molecule has 4 heteroatoms. The highest BCUT2D eigenvalue weighted by Crippen LogP contribution is 2.26. The Bertz CT molecular complexity index is 518. The van der Waals surface area contributed by atoms with Gasteiger partial charge in [0.25, 0.3) is 0 Å². The van der Waals surface area contributed by atoms with Crippen LogP contribution in [0.5, 0.6) is 0 Å². The van der Waals surface area contributed by atoms with Gasteiger partial charge in [-0.1, -0.05) is 25.1 Å². The summed E-state index contributed by atoms with van der Waals surface area (Å²) in [5, 5.41) is 9.92. The van der Waals surface area contributed by atoms with Crippen LogP contribution >= 0.6 is 0 Å². The van der Waals surface area contributed by atoms with Crippen LogP contribution < -0.4 is 5.73 Å². The van der Waals surface area contributed by atoms with Crippen molar-refractivity contribution in [1.29, 1.82) is 0 Å². The van der Waals surface area contributed by atoms with Crippen molar-refractivity contribution in [2.45, 2.75) is 18.9 Å². The van der Waals surface area contributed by atoms with Gasteiger partial charge in [0, 0.05) is 23.0 Å². The zero-order valence-corrected chi connectivity index (χ0v) is 8.97. The second-order valence-corrected chi connectivity index (χ2v) is 3.94. The molecule has 0 aliphatic heterocycles. The maximum absolute atomic E-state index is 10.8. The number of para-hydroxylation sites is 1. The molecule has 4 N–H and O–H groups in total. The molecule has 0 aliphatic carbocycles. The van der Waals surface area contributed by atoms with E-state index in [4.69, 9.17) is 10.8 Å². The van der Waals surface area contributed by atoms with Crippen LogP contribution in [0.15, 0.2) is 30.5 Å². The van der Waals surface area contributed by atoms with Crippen LogP contribution in [0, 0.1) is 0 Å². The van der Waals surface area contributed by atoms with Crippen molar-refractivity contribution in [2.75, 3.05) is 0 Å². The molecule has 0 saturated heterocycles. The summed E-state index contributed by atoms with van der Waals surface area (Å²) < 4.78 is 0. The summed E-state index contributed by atoms with van der Waals surface area (Å²) in [5.41, 5.74) is 7.58. The van der Waals surface area contributed by atoms with Gasteiger partial charge in [0.15, 0.2) is 0 Å². The summed E-state index contributed by atoms with van der Waals surface area (Å²) >= 11 is 0. The van der Waals surface area contributed by atoms with Crippen LogP contribution in [-0.4, -0.2) is 22.1 Å². The van der Waals surface area contributed by atoms with Crippen LogP contribution in [0.25, 0.3) is 10.9 Å². The molecule has 0 radical (unpaired) electrons. The predicted molar refractivity (Wildman–Crippen MR) is 62.3 cm³/mol. The summed E-state index contributed by atoms with van der Waals surface area (Å²) in [6.45, 7) is 1.83. The molecular formula is C12H14N2O2. The minimum Gasteiger partial charge on any atom is -0.480 e. The molecule has 2 rings (SSSR count). The lowest BCUT2D eigenvalue weighted by Gasteiger charge is -2.15. The quantitative estimate of drug-likeness (QED) is 0.733. The van der Waals surface area contributed by atoms with Crippen molar-refractivity contribution in [1.82, 2.24) is 4.98 Å². The molecule has 16 heavy (non-hydrogen) atoms. The number of carbonyl (C=O) groups is 1. The first kappa shape index (κ1) is 10.7. The molecule has 4 nitrogen and oxygen atoms in total. The Kier molecular flexibility index (Phi) is 2.66. The van der Waals surface area contributed by atoms with Gasteiger partial charge in [0.05, 0.1) is 0 Å². The van der Waals surface area contributed by atoms with Crippen molar-refractivity contribution < 1.29 is 9.90 Å². The highest BCUT2D eigenvalue weighted by atomic mass is 16.4. The molecular weight excluding hydrogens is 204 g/mol. The van der Waals surface area contributed by atoms with Gasteiger partial charge in [-0.05, 0) is 11.6 Å². The van der Waals surface area contributed by atoms with Gasteiger partial charge in [0.1, 0.15) is 6.04 Å². The maximum Gasteiger partial charge on any atom is 0.321 e. The number of H-pyrrole nitrogens is 1. The van der Waals surface area contributed by atoms with Crippen molar-refractivity contribution in [3.63, 3.8) is 0 Å². The van der Waals surface area contributed by atoms with Crippen molar-refractivity contribution in [3.05, 3.63) is 36.0 Å². The highest BCUT2D eigenvalue weighted by Gasteiger charge is 2.23. The summed E-state index contributed by atoms with van der Waals surface area (Å²) in [5.74, 6) is -1.19. The summed E-state index contributed by atoms with van der Waals surface area (Å²) in [6, 6.07) is 6.91. The second kappa shape index (κ2) is 3.98. The van der Waals surface area contributed by atoms with Crippen LogP contribution in [-0.2, 0) is 4.79 Å². The van der Waals surface area contributed by atoms with E-state index >= 15 is 0 Å². The van der Waals surface area contributed by atoms with E-state index in [0.29, 0.717) is 0 Å². The number of carboxylic acid groups (broad SMARTS) is 1. The fourth-order valence-corrected chi connectivity index (χ4v) is 1.88. The summed E-state index contributed by atoms with van der Waals surface area (Å²) in [7, 11) is 0. The molecule has 0 saturated carbocycles. The largest absolute Gasteiger partial charge is 0.480 e. The minimum absolute atomic E-state index is 0.214. The number of aromatic amines is 1. The van der Waals surface area contributed by atoms with E-state index < -0.39 is 12.0 Å². The third-order valence-corrected chi connectivity index (χ3v) is 2.94. The Morgan fingerprint density at radius 1 is 1.44 bits per heavy atom. The van der Waals surface area contributed by atoms with E-state index in [-0.39, 0.29) is 5.92 Å². The van der Waals surface area contributed by atoms with E-state index in [9.17, 15) is 4.79 Å². The van der Waals surface area contributed by atoms with Gasteiger partial charge >= 0.3 is 5.97 Å². The number of benzene rings is 1. The molecule has 0 fully saturated rings. The lowest BCUT2D eigenvalue weighted by Crippen LogP contribution is -2.35. The molecule has 84 valence electrons. The Balaban J connectivity index is 2.44. The van der Waals surface area contributed by atoms with Crippen LogP contribution in [0.2, 0.25) is 0 Å². The first-order valence-corrected chi connectivity index (χ1v) is 5.15. The van der Waals surface area contributed by atoms with E-state index in [0.717, 1.165) is 16.5 Å². The van der Waals surface area contributed by atoms with Crippen molar-refractivity contribution in [2.24, 2.45) is 5.73 Å². The van der Waals surface area contributed by atoms with Crippen LogP contribution in [0.3, 0.4) is 0 Å². The monoisotopic (exact) mass is 218 g/mol. The number of aliphatic carboxylic acids is 1. The van der Waals surface area contributed by atoms with Gasteiger partial charge in [-0.15, -0.1) is 0 Å². The predicted octanol–water partition coefficient (Wildman–Crippen LogP) is 1.68. The van der Waals surface area contributed by atoms with Crippen molar-refractivity contribution in [3.8, 4) is 0 Å². The van der Waals surface area contributed by atoms with Gasteiger partial charge in [0.2, 0.25) is 0 Å². The number of fused-ring (bicyclic) bond motifs is 1. The SMILES string of the molecule is C[C@@H](c1c[nH]c2ccccc12)[C@@H](N)C(=O)O. The third kappa shape index (κ3) is 1.67. The van der Waals surface area contributed by atoms with Gasteiger partial charge in [-0.25, -0.2) is 0 Å². The maximum atomic E-state index is 10.8. The normalized spacial score (nSPS) is 14.9. The van der Waals surface area contributed by atoms with Crippen LogP contribution in [0.1, 0.15) is 18.4 Å². The lowest BCUT2D eigenvalue weighted by atomic mass is 9.93. The Hall–Kier alpha value is -1.81. The van der Waals surface area contributed by atoms with Gasteiger partial charge in [-0.2, -0.15) is 0 Å². The van der Waals surface area contributed by atoms with E-state index in [1.54, 1.807) is 0 Å². The summed E-state index contributed by atoms with van der Waals surface area (Å²) in [4.78, 5) is 14.0. The lowest BCUT2D eigenvalue weighted by molar-refractivity contribution is -0.138. The Labute approximate surface area is 93.1 Å². The van der Waals surface area contributed by atoms with Crippen LogP contribution in [0.4, 0.5) is 0 Å². The number of hydrogen-bond donors (Lipinski definition) is 3. The van der Waals surface area contributed by atoms with Crippen molar-refractivity contribution >= 4 is 16.9 Å². The molecule has 1 aromatic heterocycles. The van der Waals surface area contributed by atoms with E-state index in [1.807, 2.05) is 37.4 Å². The van der Waals surface area contributed by atoms with Gasteiger partial charge < -0.3 is 15.8 Å². The molecule has 0 spiro atoms. The standard InChI is InChI=1S/C12H14N2O2/c1-7(11(13)12(15)16)9-6-14-10-5-3-2-4-8(9)10/h2-7,11,14H,13H2,1H3,(H,15,16)/t7-,11+/m0/s1. The molecule has 2 atom stereocenters. The van der Waals surface area contributed by atoms with E-state index in [1.165, 1.54) is 0 Å². The number of hydrogen-bond acceptors (Lipinski definition) is 2. The number of nitrogens with two attached hydrogens (primary N) is 1. The number of aromatic nitrogens is 1. The number of carboxylic acids is 1. The topological polar surface area (TPSA) is 79.1 Å². The first-order chi connectivity index (χ1) is 7.61. The third-order valence-electron chi connectivity index (χ3n) is 2.94. The fraction of sp³-hybridized carbons (Fsp3) is 0.250. The average molecular weight is 218 g/mol. The zero-order chi connectivity index (χ0) is 11.7. The summed E-state index contributed by atoms with van der Waals surface area (Å²) in [6.07, 6.45) is 1.83. The molecule has 0 amide bonds. The molecule has 1 heterocycles. The Morgan fingerprint density at radius 3 is 2.81 bits per heavy atom. The smallest absolute Gasteiger partial charge is 0.321 e. The highest BCUT2D eigenvalue weighted by molar-refractivity contribution is 5.85. The number of rotatable bonds is 3. The molecule has 2 aromatic rings. The zero-order valence-electron chi connectivity index (χ0n) is 8.97. The molecule has 1 aromatic carbocycles. The minimum atomic E-state index is -0.974. The molecule has 0 bridgehead atoms. The first-order valence-electron chi connectivity index (χ1n) is 5.15. The second-order valence-electron chi connectivity index (χ2n) is 3.94. The van der Waals surface area contributed by atoms with E-state index in [2.05, 4.69) is 4.98 Å². The Morgan fingerprint density at radius 2 is 2.12 bits per heavy atom. The van der Waals surface area contributed by atoms with Gasteiger partial charge in [-0.3, -0.25) is 4.79 Å². The molecule has 0 aliphatic rings. The number of nitrogens with one attached hydrogen (secondary N) is 1.